The number of nitrogens with zero attached hydrogens (tertiary/aromatic N) is 3. The van der Waals surface area contributed by atoms with Crippen LogP contribution in [0.4, 0.5) is 0 Å². The number of aromatic nitrogens is 1. The molecule has 1 aliphatic rings. The molecule has 1 aromatic carbocycles. The van der Waals surface area contributed by atoms with Crippen molar-refractivity contribution in [3.63, 3.8) is 0 Å². The van der Waals surface area contributed by atoms with E-state index < -0.39 is 10.0 Å². The Balaban J connectivity index is 1.53. The molecule has 158 valence electrons. The third kappa shape index (κ3) is 3.71. The van der Waals surface area contributed by atoms with Crippen molar-refractivity contribution in [2.24, 2.45) is 0 Å². The van der Waals surface area contributed by atoms with Crippen molar-refractivity contribution >= 4 is 27.3 Å². The number of rotatable bonds is 4. The fraction of sp³-hybridized carbons (Fsp3) is 0.318. The first-order valence-corrected chi connectivity index (χ1v) is 12.1. The highest BCUT2D eigenvalue weighted by Gasteiger charge is 2.32. The molecule has 3 heterocycles. The Morgan fingerprint density at radius 3 is 2.13 bits per heavy atom. The van der Waals surface area contributed by atoms with Crippen LogP contribution in [-0.2, 0) is 10.0 Å². The van der Waals surface area contributed by atoms with E-state index in [1.54, 1.807) is 40.5 Å². The molecule has 2 aromatic heterocycles. The molecule has 0 aliphatic carbocycles. The largest absolute Gasteiger partial charge is 0.336 e. The molecular formula is C22H25N3O3S2. The molecule has 0 bridgehead atoms. The number of carbonyl (C=O) groups is 1. The van der Waals surface area contributed by atoms with Gasteiger partial charge in [0.2, 0.25) is 10.0 Å². The molecule has 0 spiro atoms. The van der Waals surface area contributed by atoms with Crippen LogP contribution in [0.25, 0.3) is 5.00 Å². The molecule has 8 heteroatoms. The number of hydrogen-bond acceptors (Lipinski definition) is 4. The van der Waals surface area contributed by atoms with Gasteiger partial charge in [-0.25, -0.2) is 8.42 Å². The van der Waals surface area contributed by atoms with Gasteiger partial charge in [0.25, 0.3) is 5.91 Å². The normalized spacial score (nSPS) is 15.5. The maximum atomic E-state index is 13.4. The molecule has 4 rings (SSSR count). The van der Waals surface area contributed by atoms with Crippen molar-refractivity contribution in [3.8, 4) is 5.00 Å². The number of benzene rings is 1. The van der Waals surface area contributed by atoms with Crippen LogP contribution in [0, 0.1) is 20.8 Å². The molecule has 0 unspecified atom stereocenters. The Labute approximate surface area is 181 Å². The van der Waals surface area contributed by atoms with Crippen LogP contribution in [0.1, 0.15) is 26.4 Å². The van der Waals surface area contributed by atoms with Crippen LogP contribution < -0.4 is 0 Å². The summed E-state index contributed by atoms with van der Waals surface area (Å²) in [6.07, 6.45) is 3.88. The molecule has 30 heavy (non-hydrogen) atoms. The van der Waals surface area contributed by atoms with Crippen molar-refractivity contribution in [1.29, 1.82) is 0 Å². The summed E-state index contributed by atoms with van der Waals surface area (Å²) in [6.45, 7) is 7.27. The summed E-state index contributed by atoms with van der Waals surface area (Å²) in [7, 11) is -3.55. The lowest BCUT2D eigenvalue weighted by Gasteiger charge is -2.34. The number of sulfonamides is 1. The first-order chi connectivity index (χ1) is 14.3. The van der Waals surface area contributed by atoms with E-state index in [1.165, 1.54) is 4.31 Å². The van der Waals surface area contributed by atoms with Crippen LogP contribution in [-0.4, -0.2) is 54.3 Å². The first kappa shape index (κ1) is 20.8. The summed E-state index contributed by atoms with van der Waals surface area (Å²) in [5, 5.41) is 0.912. The Kier molecular flexibility index (Phi) is 5.57. The van der Waals surface area contributed by atoms with Gasteiger partial charge in [0.15, 0.2) is 0 Å². The third-order valence-electron chi connectivity index (χ3n) is 5.60. The zero-order valence-corrected chi connectivity index (χ0v) is 19.0. The van der Waals surface area contributed by atoms with Crippen LogP contribution in [0.3, 0.4) is 0 Å². The number of hydrogen-bond donors (Lipinski definition) is 0. The monoisotopic (exact) mass is 443 g/mol. The Morgan fingerprint density at radius 1 is 0.933 bits per heavy atom. The van der Waals surface area contributed by atoms with Crippen LogP contribution in [0.2, 0.25) is 0 Å². The second-order valence-electron chi connectivity index (χ2n) is 7.56. The van der Waals surface area contributed by atoms with E-state index in [4.69, 9.17) is 0 Å². The molecule has 3 aromatic rings. The number of piperazine rings is 1. The molecule has 1 aliphatic heterocycles. The van der Waals surface area contributed by atoms with Crippen molar-refractivity contribution in [3.05, 3.63) is 70.4 Å². The van der Waals surface area contributed by atoms with E-state index in [-0.39, 0.29) is 5.91 Å². The lowest BCUT2D eigenvalue weighted by Crippen LogP contribution is -2.50. The predicted octanol–water partition coefficient (Wildman–Crippen LogP) is 3.61. The quantitative estimate of drug-likeness (QED) is 0.619. The van der Waals surface area contributed by atoms with Crippen molar-refractivity contribution in [1.82, 2.24) is 13.8 Å². The van der Waals surface area contributed by atoms with Gasteiger partial charge in [-0.05, 0) is 50.6 Å². The number of amides is 1. The molecule has 6 nitrogen and oxygen atoms in total. The molecule has 0 N–H and O–H groups in total. The SMILES string of the molecule is Cc1ccc(S(=O)(=O)N2CCN(C(=O)c3c(-n4cccc4)sc(C)c3C)CC2)cc1. The minimum Gasteiger partial charge on any atom is -0.336 e. The van der Waals surface area contributed by atoms with E-state index in [0.717, 1.165) is 21.0 Å². The third-order valence-corrected chi connectivity index (χ3v) is 8.74. The maximum absolute atomic E-state index is 13.4. The van der Waals surface area contributed by atoms with E-state index in [0.29, 0.717) is 36.6 Å². The molecule has 0 saturated carbocycles. The average Bonchev–Trinajstić information content (AvgIpc) is 3.37. The van der Waals surface area contributed by atoms with Gasteiger partial charge < -0.3 is 9.47 Å². The lowest BCUT2D eigenvalue weighted by atomic mass is 10.1. The number of aryl methyl sites for hydroxylation is 2. The van der Waals surface area contributed by atoms with Gasteiger partial charge in [-0.1, -0.05) is 17.7 Å². The van der Waals surface area contributed by atoms with E-state index in [9.17, 15) is 13.2 Å². The van der Waals surface area contributed by atoms with E-state index in [2.05, 4.69) is 0 Å². The highest BCUT2D eigenvalue weighted by molar-refractivity contribution is 7.89. The van der Waals surface area contributed by atoms with Gasteiger partial charge in [0.1, 0.15) is 5.00 Å². The van der Waals surface area contributed by atoms with Gasteiger partial charge >= 0.3 is 0 Å². The van der Waals surface area contributed by atoms with Gasteiger partial charge in [0, 0.05) is 43.4 Å². The standard InChI is InChI=1S/C22H25N3O3S2/c1-16-6-8-19(9-7-16)30(27,28)25-14-12-23(13-15-25)21(26)20-17(2)18(3)29-22(20)24-10-4-5-11-24/h4-11H,12-15H2,1-3H3. The minimum atomic E-state index is -3.55. The highest BCUT2D eigenvalue weighted by atomic mass is 32.2. The second kappa shape index (κ2) is 8.02. The fourth-order valence-electron chi connectivity index (χ4n) is 3.66. The molecule has 1 amide bonds. The van der Waals surface area contributed by atoms with E-state index >= 15 is 0 Å². The van der Waals surface area contributed by atoms with Gasteiger partial charge in [-0.2, -0.15) is 4.31 Å². The smallest absolute Gasteiger partial charge is 0.257 e. The molecule has 1 saturated heterocycles. The summed E-state index contributed by atoms with van der Waals surface area (Å²) >= 11 is 1.60. The zero-order valence-electron chi connectivity index (χ0n) is 17.3. The Morgan fingerprint density at radius 2 is 1.53 bits per heavy atom. The predicted molar refractivity (Wildman–Crippen MR) is 119 cm³/mol. The van der Waals surface area contributed by atoms with Crippen LogP contribution >= 0.6 is 11.3 Å². The minimum absolute atomic E-state index is 0.0343. The first-order valence-electron chi connectivity index (χ1n) is 9.88. The zero-order chi connectivity index (χ0) is 21.5. The van der Waals surface area contributed by atoms with Gasteiger partial charge in [-0.3, -0.25) is 4.79 Å². The van der Waals surface area contributed by atoms with Crippen molar-refractivity contribution < 1.29 is 13.2 Å². The lowest BCUT2D eigenvalue weighted by molar-refractivity contribution is 0.0697. The molecule has 0 atom stereocenters. The summed E-state index contributed by atoms with van der Waals surface area (Å²) in [4.78, 5) is 16.5. The number of carbonyl (C=O) groups excluding carboxylic acids is 1. The highest BCUT2D eigenvalue weighted by Crippen LogP contribution is 2.32. The fourth-order valence-corrected chi connectivity index (χ4v) is 6.20. The maximum Gasteiger partial charge on any atom is 0.257 e. The summed E-state index contributed by atoms with van der Waals surface area (Å²) in [5.41, 5.74) is 2.72. The summed E-state index contributed by atoms with van der Waals surface area (Å²) in [6, 6.07) is 10.8. The number of thiophene rings is 1. The Bertz CT molecular complexity index is 1160. The summed E-state index contributed by atoms with van der Waals surface area (Å²) in [5.74, 6) is -0.0343. The molecular weight excluding hydrogens is 418 g/mol. The van der Waals surface area contributed by atoms with Gasteiger partial charge in [0.05, 0.1) is 10.5 Å². The van der Waals surface area contributed by atoms with E-state index in [1.807, 2.05) is 49.9 Å². The summed E-state index contributed by atoms with van der Waals surface area (Å²) < 4.78 is 29.3. The topological polar surface area (TPSA) is 62.6 Å². The van der Waals surface area contributed by atoms with Gasteiger partial charge in [-0.15, -0.1) is 11.3 Å². The van der Waals surface area contributed by atoms with Crippen molar-refractivity contribution in [2.45, 2.75) is 25.7 Å². The Hall–Kier alpha value is -2.42. The van der Waals surface area contributed by atoms with Crippen LogP contribution in [0.15, 0.2) is 53.7 Å². The second-order valence-corrected chi connectivity index (χ2v) is 10.7. The van der Waals surface area contributed by atoms with Crippen molar-refractivity contribution in [2.75, 3.05) is 26.2 Å². The van der Waals surface area contributed by atoms with Crippen LogP contribution in [0.5, 0.6) is 0 Å². The molecule has 1 fully saturated rings. The average molecular weight is 444 g/mol. The molecule has 0 radical (unpaired) electrons.